The number of amides is 1. The highest BCUT2D eigenvalue weighted by Gasteiger charge is 2.22. The van der Waals surface area contributed by atoms with Crippen LogP contribution in [-0.2, 0) is 9.53 Å². The molecule has 4 heterocycles. The summed E-state index contributed by atoms with van der Waals surface area (Å²) in [6, 6.07) is 13.7. The number of carbonyl (C=O) groups is 1. The van der Waals surface area contributed by atoms with Crippen LogP contribution >= 0.6 is 23.1 Å². The van der Waals surface area contributed by atoms with Crippen LogP contribution < -0.4 is 11.1 Å². The van der Waals surface area contributed by atoms with Gasteiger partial charge in [-0.05, 0) is 37.1 Å². The van der Waals surface area contributed by atoms with Crippen molar-refractivity contribution in [1.29, 1.82) is 0 Å². The van der Waals surface area contributed by atoms with Crippen molar-refractivity contribution in [2.45, 2.75) is 24.1 Å². The van der Waals surface area contributed by atoms with Gasteiger partial charge in [0.15, 0.2) is 11.0 Å². The van der Waals surface area contributed by atoms with E-state index < -0.39 is 0 Å². The molecule has 0 bridgehead atoms. The Bertz CT molecular complexity index is 1230. The Hall–Kier alpha value is -2.95. The number of nitrogen functional groups attached to an aromatic ring is 1. The van der Waals surface area contributed by atoms with Gasteiger partial charge in [-0.1, -0.05) is 30.0 Å². The molecule has 32 heavy (non-hydrogen) atoms. The summed E-state index contributed by atoms with van der Waals surface area (Å²) < 4.78 is 7.51. The first-order valence-corrected chi connectivity index (χ1v) is 12.2. The third-order valence-corrected chi connectivity index (χ3v) is 7.29. The molecule has 1 saturated heterocycles. The second kappa shape index (κ2) is 9.27. The lowest BCUT2D eigenvalue weighted by molar-refractivity contribution is -0.119. The van der Waals surface area contributed by atoms with E-state index in [1.54, 1.807) is 6.20 Å². The van der Waals surface area contributed by atoms with Gasteiger partial charge in [0.25, 0.3) is 0 Å². The largest absolute Gasteiger partial charge is 0.397 e. The lowest BCUT2D eigenvalue weighted by Crippen LogP contribution is -2.32. The lowest BCUT2D eigenvalue weighted by atomic mass is 10.2. The summed E-state index contributed by atoms with van der Waals surface area (Å²) in [6.45, 7) is 1.32. The number of nitrogens with two attached hydrogens (primary N) is 1. The fraction of sp³-hybridized carbons (Fsp3) is 0.273. The van der Waals surface area contributed by atoms with E-state index in [9.17, 15) is 4.79 Å². The number of hydrogen-bond donors (Lipinski definition) is 2. The van der Waals surface area contributed by atoms with Crippen molar-refractivity contribution in [3.05, 3.63) is 48.7 Å². The van der Waals surface area contributed by atoms with Crippen LogP contribution in [0.3, 0.4) is 0 Å². The maximum atomic E-state index is 12.4. The molecule has 8 nitrogen and oxygen atoms in total. The molecule has 1 amide bonds. The second-order valence-corrected chi connectivity index (χ2v) is 9.35. The first kappa shape index (κ1) is 20.9. The number of thiophene rings is 1. The van der Waals surface area contributed by atoms with Crippen molar-refractivity contribution in [3.8, 4) is 16.4 Å². The quantitative estimate of drug-likeness (QED) is 0.401. The van der Waals surface area contributed by atoms with Crippen LogP contribution in [0.4, 0.5) is 5.69 Å². The number of nitrogens with one attached hydrogen (secondary N) is 1. The van der Waals surface area contributed by atoms with Crippen LogP contribution in [0.2, 0.25) is 0 Å². The normalized spacial score (nSPS) is 15.9. The van der Waals surface area contributed by atoms with Gasteiger partial charge < -0.3 is 15.8 Å². The highest BCUT2D eigenvalue weighted by atomic mass is 32.2. The van der Waals surface area contributed by atoms with Crippen molar-refractivity contribution in [2.75, 3.05) is 24.6 Å². The van der Waals surface area contributed by atoms with Crippen LogP contribution in [0, 0.1) is 0 Å². The number of fused-ring (bicyclic) bond motifs is 1. The Morgan fingerprint density at radius 2 is 2.12 bits per heavy atom. The fourth-order valence-electron chi connectivity index (χ4n) is 3.65. The summed E-state index contributed by atoms with van der Waals surface area (Å²) in [7, 11) is 0. The number of nitrogens with zero attached hydrogens (tertiary/aromatic N) is 4. The number of ether oxygens (including phenoxy) is 1. The predicted molar refractivity (Wildman–Crippen MR) is 127 cm³/mol. The topological polar surface area (TPSA) is 108 Å². The highest BCUT2D eigenvalue weighted by molar-refractivity contribution is 7.99. The van der Waals surface area contributed by atoms with Gasteiger partial charge in [-0.15, -0.1) is 21.5 Å². The molecular weight excluding hydrogens is 444 g/mol. The minimum Gasteiger partial charge on any atom is -0.397 e. The minimum absolute atomic E-state index is 0.0553. The summed E-state index contributed by atoms with van der Waals surface area (Å²) in [5.41, 5.74) is 7.99. The standard InChI is InChI=1S/C22H22N6O2S2/c23-18-16-9-4-10-24-21(16)32-19(18)20-26-27-22(28(20)14-6-2-1-3-7-14)31-13-17(29)25-12-15-8-5-11-30-15/h1-4,6-7,9-10,15H,5,8,11-13,23H2,(H,25,29). The molecule has 1 aliphatic rings. The molecule has 1 aromatic carbocycles. The van der Waals surface area contributed by atoms with Crippen molar-refractivity contribution in [2.24, 2.45) is 0 Å². The minimum atomic E-state index is -0.0553. The van der Waals surface area contributed by atoms with E-state index in [1.165, 1.54) is 23.1 Å². The van der Waals surface area contributed by atoms with Crippen molar-refractivity contribution < 1.29 is 9.53 Å². The Labute approximate surface area is 193 Å². The Balaban J connectivity index is 1.42. The van der Waals surface area contributed by atoms with E-state index in [0.717, 1.165) is 40.2 Å². The first-order chi connectivity index (χ1) is 15.7. The van der Waals surface area contributed by atoms with Crippen LogP contribution in [0.25, 0.3) is 26.6 Å². The summed E-state index contributed by atoms with van der Waals surface area (Å²) >= 11 is 2.83. The van der Waals surface area contributed by atoms with Crippen molar-refractivity contribution in [3.63, 3.8) is 0 Å². The van der Waals surface area contributed by atoms with Gasteiger partial charge in [0.1, 0.15) is 4.83 Å². The van der Waals surface area contributed by atoms with Gasteiger partial charge in [-0.2, -0.15) is 0 Å². The molecule has 164 valence electrons. The van der Waals surface area contributed by atoms with Crippen LogP contribution in [-0.4, -0.2) is 50.7 Å². The molecule has 5 rings (SSSR count). The number of pyridine rings is 1. The molecule has 0 spiro atoms. The van der Waals surface area contributed by atoms with E-state index in [-0.39, 0.29) is 17.8 Å². The fourth-order valence-corrected chi connectivity index (χ4v) is 5.47. The first-order valence-electron chi connectivity index (χ1n) is 10.4. The number of carbonyl (C=O) groups excluding carboxylic acids is 1. The number of para-hydroxylation sites is 1. The van der Waals surface area contributed by atoms with E-state index >= 15 is 0 Å². The zero-order valence-corrected chi connectivity index (χ0v) is 18.9. The molecule has 0 radical (unpaired) electrons. The second-order valence-electron chi connectivity index (χ2n) is 7.41. The Morgan fingerprint density at radius 3 is 2.91 bits per heavy atom. The van der Waals surface area contributed by atoms with Gasteiger partial charge in [0.05, 0.1) is 22.4 Å². The SMILES string of the molecule is Nc1c(-c2nnc(SCC(=O)NCC3CCCO3)n2-c2ccccc2)sc2ncccc12. The average molecular weight is 467 g/mol. The molecule has 1 unspecified atom stereocenters. The molecule has 4 aromatic rings. The number of hydrogen-bond acceptors (Lipinski definition) is 8. The van der Waals surface area contributed by atoms with E-state index in [0.29, 0.717) is 23.2 Å². The molecular formula is C22H22N6O2S2. The number of thioether (sulfide) groups is 1. The Morgan fingerprint density at radius 1 is 1.25 bits per heavy atom. The van der Waals surface area contributed by atoms with Crippen LogP contribution in [0.1, 0.15) is 12.8 Å². The maximum absolute atomic E-state index is 12.4. The molecule has 1 aliphatic heterocycles. The van der Waals surface area contributed by atoms with E-state index in [2.05, 4.69) is 20.5 Å². The Kier molecular flexibility index (Phi) is 6.06. The van der Waals surface area contributed by atoms with Gasteiger partial charge >= 0.3 is 0 Å². The summed E-state index contributed by atoms with van der Waals surface area (Å²) in [4.78, 5) is 18.5. The van der Waals surface area contributed by atoms with Crippen LogP contribution in [0.15, 0.2) is 53.8 Å². The number of benzene rings is 1. The summed E-state index contributed by atoms with van der Waals surface area (Å²) in [5.74, 6) is 0.820. The zero-order valence-electron chi connectivity index (χ0n) is 17.2. The maximum Gasteiger partial charge on any atom is 0.230 e. The lowest BCUT2D eigenvalue weighted by Gasteiger charge is -2.11. The van der Waals surface area contributed by atoms with E-state index in [4.69, 9.17) is 10.5 Å². The number of rotatable bonds is 7. The molecule has 0 aliphatic carbocycles. The third kappa shape index (κ3) is 4.21. The summed E-state index contributed by atoms with van der Waals surface area (Å²) in [5, 5.41) is 13.3. The van der Waals surface area contributed by atoms with Gasteiger partial charge in [0.2, 0.25) is 5.91 Å². The molecule has 1 fully saturated rings. The average Bonchev–Trinajstić information content (AvgIpc) is 3.56. The third-order valence-electron chi connectivity index (χ3n) is 5.24. The van der Waals surface area contributed by atoms with E-state index in [1.807, 2.05) is 47.0 Å². The van der Waals surface area contributed by atoms with Crippen LogP contribution in [0.5, 0.6) is 0 Å². The van der Waals surface area contributed by atoms with Gasteiger partial charge in [-0.3, -0.25) is 9.36 Å². The smallest absolute Gasteiger partial charge is 0.230 e. The number of aromatic nitrogens is 4. The molecule has 3 N–H and O–H groups in total. The molecule has 3 aromatic heterocycles. The summed E-state index contributed by atoms with van der Waals surface area (Å²) in [6.07, 6.45) is 3.91. The molecule has 0 saturated carbocycles. The molecule has 10 heteroatoms. The zero-order chi connectivity index (χ0) is 21.9. The molecule has 1 atom stereocenters. The van der Waals surface area contributed by atoms with Crippen molar-refractivity contribution >= 4 is 44.9 Å². The van der Waals surface area contributed by atoms with Gasteiger partial charge in [-0.25, -0.2) is 4.98 Å². The number of anilines is 1. The predicted octanol–water partition coefficient (Wildman–Crippen LogP) is 3.51. The van der Waals surface area contributed by atoms with Crippen molar-refractivity contribution in [1.82, 2.24) is 25.1 Å². The highest BCUT2D eigenvalue weighted by Crippen LogP contribution is 2.40. The van der Waals surface area contributed by atoms with Gasteiger partial charge in [0, 0.05) is 30.4 Å². The monoisotopic (exact) mass is 466 g/mol.